The van der Waals surface area contributed by atoms with E-state index in [9.17, 15) is 4.79 Å². The van der Waals surface area contributed by atoms with Gasteiger partial charge < -0.3 is 5.32 Å². The second-order valence-corrected chi connectivity index (χ2v) is 7.83. The van der Waals surface area contributed by atoms with Gasteiger partial charge in [0.05, 0.1) is 18.4 Å². The molecule has 0 saturated heterocycles. The summed E-state index contributed by atoms with van der Waals surface area (Å²) in [6, 6.07) is 30.3. The highest BCUT2D eigenvalue weighted by Crippen LogP contribution is 2.21. The van der Waals surface area contributed by atoms with Crippen molar-refractivity contribution in [2.75, 3.05) is 11.9 Å². The average Bonchev–Trinajstić information content (AvgIpc) is 2.88. The Balaban J connectivity index is 1.44. The molecule has 1 aromatic heterocycles. The van der Waals surface area contributed by atoms with Crippen LogP contribution in [0.2, 0.25) is 0 Å². The van der Waals surface area contributed by atoms with Crippen molar-refractivity contribution in [1.29, 1.82) is 0 Å². The standard InChI is InChI=1S/C29H27N3O/c33-26(18-10-15-23-11-4-1-5-12-23)21-30-29-27(20-19-24-13-6-2-7-14-24)32-28(22-31-29)25-16-8-3-9-17-25/h1-9,11-14,16-17,19-20,22H,10,15,18,21H2,(H,30,31)/b20-19+. The van der Waals surface area contributed by atoms with Gasteiger partial charge in [-0.1, -0.05) is 97.1 Å². The van der Waals surface area contributed by atoms with Crippen LogP contribution in [0.3, 0.4) is 0 Å². The highest BCUT2D eigenvalue weighted by atomic mass is 16.1. The number of hydrogen-bond acceptors (Lipinski definition) is 4. The van der Waals surface area contributed by atoms with Crippen LogP contribution in [-0.4, -0.2) is 22.3 Å². The normalized spacial score (nSPS) is 10.9. The van der Waals surface area contributed by atoms with Crippen molar-refractivity contribution in [3.8, 4) is 11.3 Å². The Kier molecular flexibility index (Phi) is 7.74. The molecule has 4 aromatic rings. The summed E-state index contributed by atoms with van der Waals surface area (Å²) in [4.78, 5) is 21.9. The minimum Gasteiger partial charge on any atom is -0.361 e. The van der Waals surface area contributed by atoms with E-state index in [0.29, 0.717) is 17.9 Å². The van der Waals surface area contributed by atoms with Gasteiger partial charge in [0.2, 0.25) is 0 Å². The van der Waals surface area contributed by atoms with E-state index in [4.69, 9.17) is 4.98 Å². The van der Waals surface area contributed by atoms with Gasteiger partial charge in [0.15, 0.2) is 11.6 Å². The molecule has 4 nitrogen and oxygen atoms in total. The Morgan fingerprint density at radius 1 is 0.818 bits per heavy atom. The lowest BCUT2D eigenvalue weighted by Gasteiger charge is -2.10. The number of Topliss-reactive ketones (excluding diaryl/α,β-unsaturated/α-hetero) is 1. The molecule has 4 heteroatoms. The third-order valence-corrected chi connectivity index (χ3v) is 5.32. The molecule has 0 radical (unpaired) electrons. The number of carbonyl (C=O) groups excluding carboxylic acids is 1. The summed E-state index contributed by atoms with van der Waals surface area (Å²) in [6.07, 6.45) is 7.97. The van der Waals surface area contributed by atoms with Gasteiger partial charge in [-0.05, 0) is 30.0 Å². The van der Waals surface area contributed by atoms with Gasteiger partial charge >= 0.3 is 0 Å². The summed E-state index contributed by atoms with van der Waals surface area (Å²) >= 11 is 0. The number of ketones is 1. The zero-order valence-corrected chi connectivity index (χ0v) is 18.5. The quantitative estimate of drug-likeness (QED) is 0.318. The minimum absolute atomic E-state index is 0.165. The fourth-order valence-corrected chi connectivity index (χ4v) is 3.55. The second-order valence-electron chi connectivity index (χ2n) is 7.83. The fraction of sp³-hybridized carbons (Fsp3) is 0.138. The van der Waals surface area contributed by atoms with Crippen molar-refractivity contribution in [2.24, 2.45) is 0 Å². The van der Waals surface area contributed by atoms with Crippen LogP contribution in [0.1, 0.15) is 29.7 Å². The number of rotatable bonds is 10. The molecular weight excluding hydrogens is 406 g/mol. The summed E-state index contributed by atoms with van der Waals surface area (Å²) in [5.74, 6) is 0.774. The van der Waals surface area contributed by atoms with Crippen LogP contribution < -0.4 is 5.32 Å². The second kappa shape index (κ2) is 11.5. The molecule has 1 heterocycles. The number of anilines is 1. The predicted octanol–water partition coefficient (Wildman–Crippen LogP) is 6.32. The first kappa shape index (κ1) is 22.2. The zero-order valence-electron chi connectivity index (χ0n) is 18.5. The minimum atomic E-state index is 0.165. The lowest BCUT2D eigenvalue weighted by Crippen LogP contribution is -2.15. The van der Waals surface area contributed by atoms with Gasteiger partial charge in [-0.3, -0.25) is 4.79 Å². The number of aryl methyl sites for hydroxylation is 1. The molecule has 164 valence electrons. The predicted molar refractivity (Wildman–Crippen MR) is 136 cm³/mol. The van der Waals surface area contributed by atoms with Gasteiger partial charge in [-0.25, -0.2) is 9.97 Å². The van der Waals surface area contributed by atoms with E-state index in [1.54, 1.807) is 6.20 Å². The summed E-state index contributed by atoms with van der Waals surface area (Å²) in [5.41, 5.74) is 4.84. The summed E-state index contributed by atoms with van der Waals surface area (Å²) in [7, 11) is 0. The number of nitrogens with one attached hydrogen (secondary N) is 1. The highest BCUT2D eigenvalue weighted by molar-refractivity contribution is 5.84. The van der Waals surface area contributed by atoms with Crippen molar-refractivity contribution in [3.63, 3.8) is 0 Å². The third-order valence-electron chi connectivity index (χ3n) is 5.32. The smallest absolute Gasteiger partial charge is 0.152 e. The van der Waals surface area contributed by atoms with Crippen LogP contribution in [0.15, 0.2) is 97.2 Å². The highest BCUT2D eigenvalue weighted by Gasteiger charge is 2.09. The summed E-state index contributed by atoms with van der Waals surface area (Å²) in [5, 5.41) is 3.20. The van der Waals surface area contributed by atoms with Gasteiger partial charge in [0.1, 0.15) is 5.69 Å². The van der Waals surface area contributed by atoms with Crippen molar-refractivity contribution < 1.29 is 4.79 Å². The Hall–Kier alpha value is -4.05. The molecule has 3 aromatic carbocycles. The number of hydrogen-bond donors (Lipinski definition) is 1. The van der Waals surface area contributed by atoms with Crippen LogP contribution >= 0.6 is 0 Å². The molecular formula is C29H27N3O. The Morgan fingerprint density at radius 2 is 1.48 bits per heavy atom. The Labute approximate surface area is 195 Å². The average molecular weight is 434 g/mol. The van der Waals surface area contributed by atoms with E-state index < -0.39 is 0 Å². The van der Waals surface area contributed by atoms with Crippen molar-refractivity contribution >= 4 is 23.8 Å². The van der Waals surface area contributed by atoms with E-state index in [0.717, 1.165) is 29.7 Å². The number of nitrogens with zero attached hydrogens (tertiary/aromatic N) is 2. The molecule has 1 N–H and O–H groups in total. The molecule has 0 aliphatic heterocycles. The lowest BCUT2D eigenvalue weighted by atomic mass is 10.1. The molecule has 0 spiro atoms. The Bertz CT molecular complexity index is 1190. The fourth-order valence-electron chi connectivity index (χ4n) is 3.55. The maximum Gasteiger partial charge on any atom is 0.152 e. The zero-order chi connectivity index (χ0) is 22.7. The van der Waals surface area contributed by atoms with Gasteiger partial charge in [0, 0.05) is 12.0 Å². The molecule has 0 bridgehead atoms. The number of carbonyl (C=O) groups is 1. The van der Waals surface area contributed by atoms with E-state index in [2.05, 4.69) is 22.4 Å². The Morgan fingerprint density at radius 3 is 2.21 bits per heavy atom. The maximum atomic E-state index is 12.5. The first-order chi connectivity index (χ1) is 16.3. The molecule has 0 aliphatic carbocycles. The number of benzene rings is 3. The van der Waals surface area contributed by atoms with Crippen LogP contribution in [0.4, 0.5) is 5.82 Å². The molecule has 0 aliphatic rings. The molecule has 0 fully saturated rings. The van der Waals surface area contributed by atoms with Crippen molar-refractivity contribution in [2.45, 2.75) is 19.3 Å². The van der Waals surface area contributed by atoms with Crippen molar-refractivity contribution in [3.05, 3.63) is 114 Å². The molecule has 4 rings (SSSR count). The molecule has 0 unspecified atom stereocenters. The van der Waals surface area contributed by atoms with Gasteiger partial charge in [0.25, 0.3) is 0 Å². The third kappa shape index (κ3) is 6.71. The summed E-state index contributed by atoms with van der Waals surface area (Å²) in [6.45, 7) is 0.236. The van der Waals surface area contributed by atoms with Gasteiger partial charge in [-0.15, -0.1) is 0 Å². The molecule has 0 saturated carbocycles. The maximum absolute atomic E-state index is 12.5. The van der Waals surface area contributed by atoms with Crippen LogP contribution in [-0.2, 0) is 11.2 Å². The summed E-state index contributed by atoms with van der Waals surface area (Å²) < 4.78 is 0. The molecule has 0 amide bonds. The van der Waals surface area contributed by atoms with Crippen LogP contribution in [0, 0.1) is 0 Å². The van der Waals surface area contributed by atoms with Crippen LogP contribution in [0.5, 0.6) is 0 Å². The van der Waals surface area contributed by atoms with E-state index in [1.807, 2.05) is 91.0 Å². The SMILES string of the molecule is O=C(CCCc1ccccc1)CNc1ncc(-c2ccccc2)nc1/C=C/c1ccccc1. The van der Waals surface area contributed by atoms with E-state index in [-0.39, 0.29) is 12.3 Å². The first-order valence-electron chi connectivity index (χ1n) is 11.2. The van der Waals surface area contributed by atoms with Crippen molar-refractivity contribution in [1.82, 2.24) is 9.97 Å². The molecule has 33 heavy (non-hydrogen) atoms. The van der Waals surface area contributed by atoms with Gasteiger partial charge in [-0.2, -0.15) is 0 Å². The first-order valence-corrected chi connectivity index (χ1v) is 11.2. The van der Waals surface area contributed by atoms with E-state index >= 15 is 0 Å². The largest absolute Gasteiger partial charge is 0.361 e. The lowest BCUT2D eigenvalue weighted by molar-refractivity contribution is -0.117. The molecule has 0 atom stereocenters. The topological polar surface area (TPSA) is 54.9 Å². The van der Waals surface area contributed by atoms with E-state index in [1.165, 1.54) is 5.56 Å². The van der Waals surface area contributed by atoms with Crippen LogP contribution in [0.25, 0.3) is 23.4 Å². The monoisotopic (exact) mass is 433 g/mol. The number of aromatic nitrogens is 2.